The predicted octanol–water partition coefficient (Wildman–Crippen LogP) is -2.08. The Hall–Kier alpha value is -1.52. The van der Waals surface area contributed by atoms with Crippen LogP contribution in [0.4, 0.5) is 0 Å². The Balaban J connectivity index is 2.45. The van der Waals surface area contributed by atoms with Crippen LogP contribution in [-0.4, -0.2) is 67.6 Å². The van der Waals surface area contributed by atoms with Gasteiger partial charge in [0.1, 0.15) is 24.4 Å². The van der Waals surface area contributed by atoms with Crippen molar-refractivity contribution >= 4 is 0 Å². The molecule has 1 aromatic rings. The summed E-state index contributed by atoms with van der Waals surface area (Å²) in [5, 5.41) is 39.0. The van der Waals surface area contributed by atoms with E-state index in [1.54, 1.807) is 6.92 Å². The molecular formula is C13H20N2O7. The second-order valence-electron chi connectivity index (χ2n) is 5.07. The van der Waals surface area contributed by atoms with Crippen LogP contribution < -0.4 is 10.3 Å². The zero-order valence-corrected chi connectivity index (χ0v) is 12.3. The molecule has 0 aliphatic carbocycles. The molecule has 4 N–H and O–H groups in total. The molecule has 1 aromatic heterocycles. The quantitative estimate of drug-likeness (QED) is 0.497. The monoisotopic (exact) mass is 316 g/mol. The molecule has 1 aliphatic rings. The normalized spacial score (nSPS) is 32.0. The molecule has 0 spiro atoms. The second-order valence-corrected chi connectivity index (χ2v) is 5.07. The molecule has 5 atom stereocenters. The summed E-state index contributed by atoms with van der Waals surface area (Å²) in [6.45, 7) is 2.92. The molecule has 22 heavy (non-hydrogen) atoms. The Morgan fingerprint density at radius 2 is 2.00 bits per heavy atom. The number of hydrogen-bond acceptors (Lipinski definition) is 8. The van der Waals surface area contributed by atoms with Crippen LogP contribution in [0.2, 0.25) is 0 Å². The first-order valence-electron chi connectivity index (χ1n) is 6.93. The van der Waals surface area contributed by atoms with E-state index in [4.69, 9.17) is 9.47 Å². The summed E-state index contributed by atoms with van der Waals surface area (Å²) in [7, 11) is 0. The lowest BCUT2D eigenvalue weighted by molar-refractivity contribution is -0.252. The summed E-state index contributed by atoms with van der Waals surface area (Å²) in [6.07, 6.45) is -5.31. The van der Waals surface area contributed by atoms with Crippen LogP contribution in [0.3, 0.4) is 0 Å². The molecule has 0 saturated carbocycles. The van der Waals surface area contributed by atoms with E-state index in [1.807, 2.05) is 0 Å². The van der Waals surface area contributed by atoms with Gasteiger partial charge in [-0.05, 0) is 13.8 Å². The largest absolute Gasteiger partial charge is 0.465 e. The number of aryl methyl sites for hydroxylation is 1. The first kappa shape index (κ1) is 16.8. The van der Waals surface area contributed by atoms with Crippen molar-refractivity contribution in [3.8, 4) is 6.01 Å². The molecule has 9 nitrogen and oxygen atoms in total. The fraction of sp³-hybridized carbons (Fsp3) is 0.692. The Kier molecular flexibility index (Phi) is 5.14. The standard InChI is InChI=1S/C13H20N2O7/c1-3-21-13-14-11(20)6(2)4-15(13)12-10(19)9(18)8(17)7(5-16)22-12/h4,7-10,12,16-19H,3,5H2,1-2H3/t7-,8-,9+,10-,12-/m1/s1. The Bertz CT molecular complexity index is 574. The number of nitrogens with zero attached hydrogens (tertiary/aromatic N) is 2. The summed E-state index contributed by atoms with van der Waals surface area (Å²) < 4.78 is 12.0. The summed E-state index contributed by atoms with van der Waals surface area (Å²) in [6, 6.07) is -0.0811. The maximum atomic E-state index is 11.6. The highest BCUT2D eigenvalue weighted by Crippen LogP contribution is 2.30. The van der Waals surface area contributed by atoms with Crippen LogP contribution in [0.15, 0.2) is 11.0 Å². The molecule has 0 radical (unpaired) electrons. The lowest BCUT2D eigenvalue weighted by Gasteiger charge is -2.41. The molecule has 1 saturated heterocycles. The molecular weight excluding hydrogens is 296 g/mol. The van der Waals surface area contributed by atoms with Gasteiger partial charge in [0.05, 0.1) is 13.2 Å². The van der Waals surface area contributed by atoms with Crippen molar-refractivity contribution in [3.63, 3.8) is 0 Å². The number of aliphatic hydroxyl groups is 4. The summed E-state index contributed by atoms with van der Waals surface area (Å²) in [5.41, 5.74) is -0.190. The van der Waals surface area contributed by atoms with Gasteiger partial charge in [0.25, 0.3) is 5.56 Å². The lowest BCUT2D eigenvalue weighted by atomic mass is 9.98. The van der Waals surface area contributed by atoms with Crippen LogP contribution in [0.25, 0.3) is 0 Å². The molecule has 2 rings (SSSR count). The fourth-order valence-corrected chi connectivity index (χ4v) is 2.28. The minimum Gasteiger partial charge on any atom is -0.465 e. The van der Waals surface area contributed by atoms with E-state index < -0.39 is 42.8 Å². The number of hydrogen-bond donors (Lipinski definition) is 4. The van der Waals surface area contributed by atoms with Crippen LogP contribution in [0, 0.1) is 6.92 Å². The molecule has 2 heterocycles. The van der Waals surface area contributed by atoms with Crippen LogP contribution >= 0.6 is 0 Å². The van der Waals surface area contributed by atoms with Crippen molar-refractivity contribution in [2.45, 2.75) is 44.5 Å². The number of ether oxygens (including phenoxy) is 2. The van der Waals surface area contributed by atoms with E-state index in [-0.39, 0.29) is 12.6 Å². The predicted molar refractivity (Wildman–Crippen MR) is 73.4 cm³/mol. The Labute approximate surface area is 126 Å². The van der Waals surface area contributed by atoms with Gasteiger partial charge in [0.15, 0.2) is 6.23 Å². The van der Waals surface area contributed by atoms with Gasteiger partial charge in [-0.15, -0.1) is 0 Å². The Morgan fingerprint density at radius 3 is 2.59 bits per heavy atom. The van der Waals surface area contributed by atoms with Gasteiger partial charge in [-0.25, -0.2) is 0 Å². The fourth-order valence-electron chi connectivity index (χ4n) is 2.28. The Morgan fingerprint density at radius 1 is 1.32 bits per heavy atom. The average Bonchev–Trinajstić information content (AvgIpc) is 2.49. The first-order chi connectivity index (χ1) is 10.4. The molecule has 0 aromatic carbocycles. The smallest absolute Gasteiger partial charge is 0.301 e. The van der Waals surface area contributed by atoms with Crippen molar-refractivity contribution < 1.29 is 29.9 Å². The molecule has 9 heteroatoms. The van der Waals surface area contributed by atoms with Gasteiger partial charge in [-0.2, -0.15) is 4.98 Å². The molecule has 0 bridgehead atoms. The average molecular weight is 316 g/mol. The third-order valence-corrected chi connectivity index (χ3v) is 3.50. The molecule has 0 unspecified atom stereocenters. The summed E-state index contributed by atoms with van der Waals surface area (Å²) in [4.78, 5) is 15.4. The first-order valence-corrected chi connectivity index (χ1v) is 6.93. The van der Waals surface area contributed by atoms with Crippen molar-refractivity contribution in [2.24, 2.45) is 0 Å². The minimum absolute atomic E-state index is 0.0811. The van der Waals surface area contributed by atoms with Crippen LogP contribution in [-0.2, 0) is 4.74 Å². The maximum absolute atomic E-state index is 11.6. The summed E-state index contributed by atoms with van der Waals surface area (Å²) in [5.74, 6) is 0. The molecule has 1 fully saturated rings. The second kappa shape index (κ2) is 6.71. The number of aromatic nitrogens is 2. The van der Waals surface area contributed by atoms with Crippen LogP contribution in [0.5, 0.6) is 6.01 Å². The van der Waals surface area contributed by atoms with E-state index in [9.17, 15) is 25.2 Å². The molecule has 0 amide bonds. The van der Waals surface area contributed by atoms with Crippen molar-refractivity contribution in [1.82, 2.24) is 9.55 Å². The third kappa shape index (κ3) is 2.99. The van der Waals surface area contributed by atoms with E-state index in [0.29, 0.717) is 5.56 Å². The summed E-state index contributed by atoms with van der Waals surface area (Å²) >= 11 is 0. The SMILES string of the molecule is CCOc1nc(=O)c(C)cn1[C@@H]1O[C@H](CO)[C@@H](O)[C@H](O)[C@H]1O. The van der Waals surface area contributed by atoms with E-state index in [0.717, 1.165) is 0 Å². The van der Waals surface area contributed by atoms with Gasteiger partial charge in [-0.3, -0.25) is 9.36 Å². The maximum Gasteiger partial charge on any atom is 0.301 e. The van der Waals surface area contributed by atoms with Gasteiger partial charge in [0, 0.05) is 11.8 Å². The van der Waals surface area contributed by atoms with Crippen molar-refractivity contribution in [1.29, 1.82) is 0 Å². The zero-order valence-electron chi connectivity index (χ0n) is 12.3. The highest BCUT2D eigenvalue weighted by molar-refractivity contribution is 5.10. The number of aliphatic hydroxyl groups excluding tert-OH is 4. The number of rotatable bonds is 4. The molecule has 1 aliphatic heterocycles. The highest BCUT2D eigenvalue weighted by atomic mass is 16.6. The van der Waals surface area contributed by atoms with Gasteiger partial charge < -0.3 is 29.9 Å². The van der Waals surface area contributed by atoms with E-state index in [2.05, 4.69) is 4.98 Å². The van der Waals surface area contributed by atoms with Crippen molar-refractivity contribution in [2.75, 3.05) is 13.2 Å². The molecule has 124 valence electrons. The minimum atomic E-state index is -1.52. The van der Waals surface area contributed by atoms with E-state index in [1.165, 1.54) is 17.7 Å². The van der Waals surface area contributed by atoms with Crippen molar-refractivity contribution in [3.05, 3.63) is 22.1 Å². The highest BCUT2D eigenvalue weighted by Gasteiger charge is 2.44. The third-order valence-electron chi connectivity index (χ3n) is 3.50. The van der Waals surface area contributed by atoms with Gasteiger partial charge in [0.2, 0.25) is 0 Å². The van der Waals surface area contributed by atoms with Gasteiger partial charge in [-0.1, -0.05) is 0 Å². The van der Waals surface area contributed by atoms with E-state index >= 15 is 0 Å². The lowest BCUT2D eigenvalue weighted by Crippen LogP contribution is -2.56. The topological polar surface area (TPSA) is 134 Å². The van der Waals surface area contributed by atoms with Crippen LogP contribution in [0.1, 0.15) is 18.7 Å². The van der Waals surface area contributed by atoms with Gasteiger partial charge >= 0.3 is 6.01 Å². The zero-order chi connectivity index (χ0) is 16.4.